The standard InChI is InChI=1S/C13H22N4OS/c1-13(2,3)17-11(18)9-16-12(14-4)15-8-10-6-5-7-19-10/h5-7H,8-9H2,1-4H3,(H,17,18)(H2,14,15,16). The predicted molar refractivity (Wildman–Crippen MR) is 80.4 cm³/mol. The summed E-state index contributed by atoms with van der Waals surface area (Å²) < 4.78 is 0. The Hall–Kier alpha value is -1.56. The van der Waals surface area contributed by atoms with Gasteiger partial charge < -0.3 is 16.0 Å². The fourth-order valence-corrected chi connectivity index (χ4v) is 2.08. The summed E-state index contributed by atoms with van der Waals surface area (Å²) in [5.41, 5.74) is -0.216. The Labute approximate surface area is 118 Å². The lowest BCUT2D eigenvalue weighted by Gasteiger charge is -2.21. The number of amides is 1. The minimum atomic E-state index is -0.216. The lowest BCUT2D eigenvalue weighted by molar-refractivity contribution is -0.121. The molecule has 0 aliphatic heterocycles. The second-order valence-corrected chi connectivity index (χ2v) is 6.19. The van der Waals surface area contributed by atoms with Gasteiger partial charge in [0.05, 0.1) is 13.1 Å². The van der Waals surface area contributed by atoms with Crippen LogP contribution >= 0.6 is 11.3 Å². The van der Waals surface area contributed by atoms with Gasteiger partial charge in [-0.15, -0.1) is 11.3 Å². The van der Waals surface area contributed by atoms with Crippen molar-refractivity contribution >= 4 is 23.2 Å². The minimum Gasteiger partial charge on any atom is -0.352 e. The van der Waals surface area contributed by atoms with Gasteiger partial charge >= 0.3 is 0 Å². The highest BCUT2D eigenvalue weighted by Gasteiger charge is 2.13. The van der Waals surface area contributed by atoms with Crippen LogP contribution < -0.4 is 16.0 Å². The van der Waals surface area contributed by atoms with E-state index in [9.17, 15) is 4.79 Å². The summed E-state index contributed by atoms with van der Waals surface area (Å²) in [6, 6.07) is 4.06. The fraction of sp³-hybridized carbons (Fsp3) is 0.538. The third-order valence-electron chi connectivity index (χ3n) is 2.16. The Kier molecular flexibility index (Phi) is 5.82. The summed E-state index contributed by atoms with van der Waals surface area (Å²) in [4.78, 5) is 17.0. The van der Waals surface area contributed by atoms with E-state index in [4.69, 9.17) is 0 Å². The zero-order chi connectivity index (χ0) is 14.3. The molecule has 1 aromatic heterocycles. The normalized spacial score (nSPS) is 12.1. The molecule has 0 atom stereocenters. The molecule has 0 aliphatic rings. The van der Waals surface area contributed by atoms with Crippen LogP contribution in [-0.2, 0) is 11.3 Å². The Morgan fingerprint density at radius 1 is 1.37 bits per heavy atom. The average Bonchev–Trinajstić information content (AvgIpc) is 2.80. The molecule has 0 fully saturated rings. The first-order chi connectivity index (χ1) is 8.90. The maximum Gasteiger partial charge on any atom is 0.239 e. The molecule has 6 heteroatoms. The number of guanidine groups is 1. The number of carbonyl (C=O) groups excluding carboxylic acids is 1. The van der Waals surface area contributed by atoms with E-state index in [0.29, 0.717) is 12.5 Å². The Morgan fingerprint density at radius 3 is 2.63 bits per heavy atom. The topological polar surface area (TPSA) is 65.5 Å². The highest BCUT2D eigenvalue weighted by molar-refractivity contribution is 7.09. The number of nitrogens with one attached hydrogen (secondary N) is 3. The molecule has 1 aromatic rings. The molecule has 0 spiro atoms. The van der Waals surface area contributed by atoms with E-state index in [1.165, 1.54) is 4.88 Å². The molecule has 0 bridgehead atoms. The molecule has 5 nitrogen and oxygen atoms in total. The molecule has 1 amide bonds. The number of hydrogen-bond donors (Lipinski definition) is 3. The molecule has 0 unspecified atom stereocenters. The lowest BCUT2D eigenvalue weighted by Crippen LogP contribution is -2.48. The number of nitrogens with zero attached hydrogens (tertiary/aromatic N) is 1. The van der Waals surface area contributed by atoms with Gasteiger partial charge in [0.25, 0.3) is 0 Å². The Morgan fingerprint density at radius 2 is 2.11 bits per heavy atom. The van der Waals surface area contributed by atoms with E-state index in [0.717, 1.165) is 0 Å². The molecular weight excluding hydrogens is 260 g/mol. The molecule has 1 rings (SSSR count). The van der Waals surface area contributed by atoms with Gasteiger partial charge in [-0.25, -0.2) is 0 Å². The van der Waals surface area contributed by atoms with Crippen molar-refractivity contribution < 1.29 is 4.79 Å². The summed E-state index contributed by atoms with van der Waals surface area (Å²) in [5, 5.41) is 11.1. The van der Waals surface area contributed by atoms with Crippen LogP contribution in [0.1, 0.15) is 25.6 Å². The van der Waals surface area contributed by atoms with Gasteiger partial charge in [-0.1, -0.05) is 6.07 Å². The number of hydrogen-bond acceptors (Lipinski definition) is 3. The number of carbonyl (C=O) groups is 1. The molecular formula is C13H22N4OS. The quantitative estimate of drug-likeness (QED) is 0.576. The van der Waals surface area contributed by atoms with Crippen LogP contribution in [-0.4, -0.2) is 31.0 Å². The van der Waals surface area contributed by atoms with Gasteiger partial charge in [-0.2, -0.15) is 0 Å². The summed E-state index contributed by atoms with van der Waals surface area (Å²) >= 11 is 1.68. The van der Waals surface area contributed by atoms with Crippen molar-refractivity contribution in [3.8, 4) is 0 Å². The zero-order valence-corrected chi connectivity index (χ0v) is 12.7. The first-order valence-corrected chi connectivity index (χ1v) is 7.06. The van der Waals surface area contributed by atoms with Gasteiger partial charge in [-0.05, 0) is 32.2 Å². The van der Waals surface area contributed by atoms with Crippen LogP contribution in [0, 0.1) is 0 Å². The van der Waals surface area contributed by atoms with Gasteiger partial charge in [0.1, 0.15) is 0 Å². The van der Waals surface area contributed by atoms with Crippen LogP contribution in [0.2, 0.25) is 0 Å². The average molecular weight is 282 g/mol. The van der Waals surface area contributed by atoms with Crippen molar-refractivity contribution in [1.29, 1.82) is 0 Å². The lowest BCUT2D eigenvalue weighted by atomic mass is 10.1. The van der Waals surface area contributed by atoms with Crippen LogP contribution in [0.25, 0.3) is 0 Å². The Bertz CT molecular complexity index is 420. The van der Waals surface area contributed by atoms with E-state index >= 15 is 0 Å². The van der Waals surface area contributed by atoms with Crippen LogP contribution in [0.15, 0.2) is 22.5 Å². The predicted octanol–water partition coefficient (Wildman–Crippen LogP) is 1.33. The largest absolute Gasteiger partial charge is 0.352 e. The zero-order valence-electron chi connectivity index (χ0n) is 11.9. The SMILES string of the molecule is CN=C(NCC(=O)NC(C)(C)C)NCc1cccs1. The number of thiophene rings is 1. The molecule has 3 N–H and O–H groups in total. The molecule has 0 saturated carbocycles. The van der Waals surface area contributed by atoms with E-state index in [1.54, 1.807) is 18.4 Å². The molecule has 0 aliphatic carbocycles. The molecule has 106 valence electrons. The summed E-state index contributed by atoms with van der Waals surface area (Å²) in [6.45, 7) is 6.78. The molecule has 0 aromatic carbocycles. The monoisotopic (exact) mass is 282 g/mol. The molecule has 0 saturated heterocycles. The van der Waals surface area contributed by atoms with Crippen LogP contribution in [0.4, 0.5) is 0 Å². The summed E-state index contributed by atoms with van der Waals surface area (Å²) in [5.74, 6) is 0.573. The number of aliphatic imine (C=N–C) groups is 1. The highest BCUT2D eigenvalue weighted by atomic mass is 32.1. The van der Waals surface area contributed by atoms with E-state index < -0.39 is 0 Å². The summed E-state index contributed by atoms with van der Waals surface area (Å²) in [6.07, 6.45) is 0. The van der Waals surface area contributed by atoms with Crippen molar-refractivity contribution in [2.24, 2.45) is 4.99 Å². The second kappa shape index (κ2) is 7.13. The molecule has 0 radical (unpaired) electrons. The molecule has 1 heterocycles. The third-order valence-corrected chi connectivity index (χ3v) is 3.04. The van der Waals surface area contributed by atoms with Crippen molar-refractivity contribution in [1.82, 2.24) is 16.0 Å². The van der Waals surface area contributed by atoms with E-state index in [2.05, 4.69) is 27.0 Å². The maximum atomic E-state index is 11.7. The van der Waals surface area contributed by atoms with Gasteiger partial charge in [0.15, 0.2) is 5.96 Å². The Balaban J connectivity index is 2.31. The van der Waals surface area contributed by atoms with Gasteiger partial charge in [0.2, 0.25) is 5.91 Å². The van der Waals surface area contributed by atoms with E-state index in [1.807, 2.05) is 32.2 Å². The fourth-order valence-electron chi connectivity index (χ4n) is 1.43. The number of rotatable bonds is 4. The van der Waals surface area contributed by atoms with Crippen LogP contribution in [0.5, 0.6) is 0 Å². The van der Waals surface area contributed by atoms with Crippen LogP contribution in [0.3, 0.4) is 0 Å². The van der Waals surface area contributed by atoms with E-state index in [-0.39, 0.29) is 18.0 Å². The minimum absolute atomic E-state index is 0.0495. The maximum absolute atomic E-state index is 11.7. The highest BCUT2D eigenvalue weighted by Crippen LogP contribution is 2.06. The van der Waals surface area contributed by atoms with Gasteiger partial charge in [0, 0.05) is 17.5 Å². The van der Waals surface area contributed by atoms with Crippen molar-refractivity contribution in [2.45, 2.75) is 32.9 Å². The van der Waals surface area contributed by atoms with Crippen molar-refractivity contribution in [3.63, 3.8) is 0 Å². The van der Waals surface area contributed by atoms with Crippen molar-refractivity contribution in [2.75, 3.05) is 13.6 Å². The van der Waals surface area contributed by atoms with Crippen molar-refractivity contribution in [3.05, 3.63) is 22.4 Å². The summed E-state index contributed by atoms with van der Waals surface area (Å²) in [7, 11) is 1.69. The molecule has 19 heavy (non-hydrogen) atoms. The third kappa shape index (κ3) is 6.81. The van der Waals surface area contributed by atoms with Gasteiger partial charge in [-0.3, -0.25) is 9.79 Å². The smallest absolute Gasteiger partial charge is 0.239 e. The second-order valence-electron chi connectivity index (χ2n) is 5.16. The first kappa shape index (κ1) is 15.5. The first-order valence-electron chi connectivity index (χ1n) is 6.18.